The zero-order valence-electron chi connectivity index (χ0n) is 9.86. The Morgan fingerprint density at radius 2 is 2.38 bits per heavy atom. The standard InChI is InChI=1S/C13H19NO2/c1-9-6-7-11-4-3-5-12(13(11)14-9)16-8-10(2)15/h3-5,9-10,14-15H,6-8H2,1-2H3. The first-order chi connectivity index (χ1) is 7.66. The van der Waals surface area contributed by atoms with Gasteiger partial charge in [0.05, 0.1) is 11.8 Å². The Morgan fingerprint density at radius 3 is 3.12 bits per heavy atom. The van der Waals surface area contributed by atoms with Gasteiger partial charge in [0.15, 0.2) is 0 Å². The fourth-order valence-electron chi connectivity index (χ4n) is 1.97. The minimum Gasteiger partial charge on any atom is -0.489 e. The molecule has 0 aliphatic carbocycles. The first kappa shape index (κ1) is 11.3. The Bertz CT molecular complexity index is 363. The molecule has 1 heterocycles. The molecular weight excluding hydrogens is 202 g/mol. The number of aliphatic hydroxyl groups excluding tert-OH is 1. The number of aliphatic hydroxyl groups is 1. The quantitative estimate of drug-likeness (QED) is 0.822. The van der Waals surface area contributed by atoms with E-state index < -0.39 is 6.10 Å². The van der Waals surface area contributed by atoms with E-state index >= 15 is 0 Å². The van der Waals surface area contributed by atoms with E-state index in [0.29, 0.717) is 12.6 Å². The van der Waals surface area contributed by atoms with E-state index in [1.54, 1.807) is 6.92 Å². The minimum absolute atomic E-state index is 0.340. The number of para-hydroxylation sites is 1. The number of anilines is 1. The van der Waals surface area contributed by atoms with Gasteiger partial charge in [0, 0.05) is 6.04 Å². The molecule has 3 heteroatoms. The lowest BCUT2D eigenvalue weighted by atomic mass is 9.98. The zero-order valence-corrected chi connectivity index (χ0v) is 9.86. The van der Waals surface area contributed by atoms with Crippen LogP contribution in [0, 0.1) is 0 Å². The number of hydrogen-bond acceptors (Lipinski definition) is 3. The Balaban J connectivity index is 2.18. The molecule has 1 aromatic rings. The van der Waals surface area contributed by atoms with Gasteiger partial charge >= 0.3 is 0 Å². The Morgan fingerprint density at radius 1 is 1.56 bits per heavy atom. The molecule has 0 bridgehead atoms. The van der Waals surface area contributed by atoms with Gasteiger partial charge < -0.3 is 15.2 Å². The summed E-state index contributed by atoms with van der Waals surface area (Å²) in [6, 6.07) is 6.58. The average molecular weight is 221 g/mol. The van der Waals surface area contributed by atoms with E-state index in [-0.39, 0.29) is 0 Å². The first-order valence-corrected chi connectivity index (χ1v) is 5.86. The van der Waals surface area contributed by atoms with Crippen LogP contribution in [0.2, 0.25) is 0 Å². The predicted molar refractivity (Wildman–Crippen MR) is 65.0 cm³/mol. The molecule has 0 radical (unpaired) electrons. The number of ether oxygens (including phenoxy) is 1. The van der Waals surface area contributed by atoms with Crippen LogP contribution in [0.25, 0.3) is 0 Å². The highest BCUT2D eigenvalue weighted by Crippen LogP contribution is 2.33. The predicted octanol–water partition coefficient (Wildman–Crippen LogP) is 2.19. The summed E-state index contributed by atoms with van der Waals surface area (Å²) in [6.45, 7) is 4.24. The van der Waals surface area contributed by atoms with Gasteiger partial charge in [-0.3, -0.25) is 0 Å². The molecule has 0 fully saturated rings. The molecule has 2 N–H and O–H groups in total. The number of nitrogens with one attached hydrogen (secondary N) is 1. The molecule has 2 rings (SSSR count). The van der Waals surface area contributed by atoms with Crippen molar-refractivity contribution >= 4 is 5.69 Å². The molecule has 1 aliphatic heterocycles. The van der Waals surface area contributed by atoms with E-state index in [2.05, 4.69) is 18.3 Å². The number of hydrogen-bond donors (Lipinski definition) is 2. The highest BCUT2D eigenvalue weighted by atomic mass is 16.5. The van der Waals surface area contributed by atoms with Crippen molar-refractivity contribution in [3.8, 4) is 5.75 Å². The van der Waals surface area contributed by atoms with Crippen molar-refractivity contribution in [1.82, 2.24) is 0 Å². The summed E-state index contributed by atoms with van der Waals surface area (Å²) in [5, 5.41) is 12.7. The monoisotopic (exact) mass is 221 g/mol. The maximum Gasteiger partial charge on any atom is 0.142 e. The summed E-state index contributed by atoms with van der Waals surface area (Å²) >= 11 is 0. The third-order valence-electron chi connectivity index (χ3n) is 2.83. The second-order valence-corrected chi connectivity index (χ2v) is 4.53. The lowest BCUT2D eigenvalue weighted by Gasteiger charge is -2.26. The van der Waals surface area contributed by atoms with E-state index in [9.17, 15) is 5.11 Å². The molecule has 0 saturated carbocycles. The van der Waals surface area contributed by atoms with E-state index in [1.165, 1.54) is 5.56 Å². The molecule has 16 heavy (non-hydrogen) atoms. The van der Waals surface area contributed by atoms with Crippen LogP contribution in [-0.2, 0) is 6.42 Å². The van der Waals surface area contributed by atoms with Crippen LogP contribution in [0.3, 0.4) is 0 Å². The Kier molecular flexibility index (Phi) is 3.34. The Labute approximate surface area is 96.4 Å². The summed E-state index contributed by atoms with van der Waals surface area (Å²) in [5.41, 5.74) is 2.41. The van der Waals surface area contributed by atoms with Gasteiger partial charge in [0.2, 0.25) is 0 Å². The van der Waals surface area contributed by atoms with Crippen molar-refractivity contribution in [2.75, 3.05) is 11.9 Å². The summed E-state index contributed by atoms with van der Waals surface area (Å²) in [7, 11) is 0. The van der Waals surface area contributed by atoms with Gasteiger partial charge in [0.25, 0.3) is 0 Å². The summed E-state index contributed by atoms with van der Waals surface area (Å²) in [4.78, 5) is 0. The molecule has 0 spiro atoms. The number of rotatable bonds is 3. The van der Waals surface area contributed by atoms with Crippen molar-refractivity contribution in [2.24, 2.45) is 0 Å². The molecule has 88 valence electrons. The summed E-state index contributed by atoms with van der Waals surface area (Å²) in [5.74, 6) is 0.852. The van der Waals surface area contributed by atoms with Crippen LogP contribution in [0.5, 0.6) is 5.75 Å². The van der Waals surface area contributed by atoms with Crippen LogP contribution in [0.15, 0.2) is 18.2 Å². The molecule has 3 nitrogen and oxygen atoms in total. The average Bonchev–Trinajstić information content (AvgIpc) is 2.26. The van der Waals surface area contributed by atoms with Gasteiger partial charge in [0.1, 0.15) is 12.4 Å². The third kappa shape index (κ3) is 2.47. The second kappa shape index (κ2) is 4.74. The molecule has 2 atom stereocenters. The van der Waals surface area contributed by atoms with E-state index in [4.69, 9.17) is 4.74 Å². The van der Waals surface area contributed by atoms with Crippen molar-refractivity contribution in [3.05, 3.63) is 23.8 Å². The van der Waals surface area contributed by atoms with Gasteiger partial charge in [-0.2, -0.15) is 0 Å². The smallest absolute Gasteiger partial charge is 0.142 e. The van der Waals surface area contributed by atoms with E-state index in [1.807, 2.05) is 12.1 Å². The highest BCUT2D eigenvalue weighted by molar-refractivity contribution is 5.63. The molecular formula is C13H19NO2. The number of benzene rings is 1. The maximum atomic E-state index is 9.22. The zero-order chi connectivity index (χ0) is 11.5. The maximum absolute atomic E-state index is 9.22. The fourth-order valence-corrected chi connectivity index (χ4v) is 1.97. The third-order valence-corrected chi connectivity index (χ3v) is 2.83. The van der Waals surface area contributed by atoms with Gasteiger partial charge in [-0.15, -0.1) is 0 Å². The second-order valence-electron chi connectivity index (χ2n) is 4.53. The number of fused-ring (bicyclic) bond motifs is 1. The molecule has 0 amide bonds. The van der Waals surface area contributed by atoms with E-state index in [0.717, 1.165) is 24.3 Å². The SMILES string of the molecule is CC(O)COc1cccc2c1NC(C)CC2. The normalized spacial score (nSPS) is 20.8. The fraction of sp³-hybridized carbons (Fsp3) is 0.538. The molecule has 1 aliphatic rings. The molecule has 2 unspecified atom stereocenters. The van der Waals surface area contributed by atoms with Crippen molar-refractivity contribution in [3.63, 3.8) is 0 Å². The lowest BCUT2D eigenvalue weighted by Crippen LogP contribution is -2.23. The van der Waals surface area contributed by atoms with Crippen LogP contribution in [0.1, 0.15) is 25.8 Å². The van der Waals surface area contributed by atoms with Crippen LogP contribution >= 0.6 is 0 Å². The molecule has 0 saturated heterocycles. The topological polar surface area (TPSA) is 41.5 Å². The largest absolute Gasteiger partial charge is 0.489 e. The summed E-state index contributed by atoms with van der Waals surface area (Å²) < 4.78 is 5.60. The minimum atomic E-state index is -0.433. The Hall–Kier alpha value is -1.22. The lowest BCUT2D eigenvalue weighted by molar-refractivity contribution is 0.123. The van der Waals surface area contributed by atoms with Crippen LogP contribution in [0.4, 0.5) is 5.69 Å². The van der Waals surface area contributed by atoms with Crippen molar-refractivity contribution in [1.29, 1.82) is 0 Å². The number of aryl methyl sites for hydroxylation is 1. The summed E-state index contributed by atoms with van der Waals surface area (Å²) in [6.07, 6.45) is 1.82. The highest BCUT2D eigenvalue weighted by Gasteiger charge is 2.17. The molecule has 1 aromatic carbocycles. The first-order valence-electron chi connectivity index (χ1n) is 5.86. The van der Waals surface area contributed by atoms with Crippen molar-refractivity contribution < 1.29 is 9.84 Å². The van der Waals surface area contributed by atoms with Gasteiger partial charge in [-0.25, -0.2) is 0 Å². The van der Waals surface area contributed by atoms with Crippen molar-refractivity contribution in [2.45, 2.75) is 38.8 Å². The van der Waals surface area contributed by atoms with Crippen LogP contribution < -0.4 is 10.1 Å². The molecule has 0 aromatic heterocycles. The van der Waals surface area contributed by atoms with Gasteiger partial charge in [-0.1, -0.05) is 12.1 Å². The van der Waals surface area contributed by atoms with Crippen LogP contribution in [-0.4, -0.2) is 23.9 Å². The van der Waals surface area contributed by atoms with Gasteiger partial charge in [-0.05, 0) is 38.3 Å².